The van der Waals surface area contributed by atoms with Crippen molar-refractivity contribution in [2.45, 2.75) is 0 Å². The van der Waals surface area contributed by atoms with Crippen LogP contribution in [0.5, 0.6) is 0 Å². The topological polar surface area (TPSA) is 0 Å². The Labute approximate surface area is 104 Å². The third-order valence-corrected chi connectivity index (χ3v) is 0. The maximum Gasteiger partial charge on any atom is 0 e. The van der Waals surface area contributed by atoms with Crippen LogP contribution in [0.25, 0.3) is 0 Å². The molecule has 0 aromatic rings. The van der Waals surface area contributed by atoms with Crippen LogP contribution in [-0.2, 0) is 21.1 Å². The largest absolute Gasteiger partial charge is 1.00 e. The van der Waals surface area contributed by atoms with Crippen molar-refractivity contribution >= 4 is 0 Å². The van der Waals surface area contributed by atoms with Gasteiger partial charge in [0.25, 0.3) is 0 Å². The Bertz CT molecular complexity index is 3.90. The average molecular weight is 495 g/mol. The summed E-state index contributed by atoms with van der Waals surface area (Å²) in [6.45, 7) is 0. The van der Waals surface area contributed by atoms with E-state index < -0.39 is 0 Å². The van der Waals surface area contributed by atoms with Gasteiger partial charge < -0.3 is 84.9 Å². The van der Waals surface area contributed by atoms with Crippen molar-refractivity contribution in [1.82, 2.24) is 0 Å². The summed E-state index contributed by atoms with van der Waals surface area (Å²) in [4.78, 5) is 0. The minimum Gasteiger partial charge on any atom is -1.00 e. The fraction of sp³-hybridized carbons (Fsp3) is 0. The van der Waals surface area contributed by atoms with Crippen molar-refractivity contribution in [2.75, 3.05) is 0 Å². The van der Waals surface area contributed by atoms with Crippen LogP contribution < -0.4 is 84.9 Å². The van der Waals surface area contributed by atoms with Crippen molar-refractivity contribution in [3.05, 3.63) is 0 Å². The second-order valence-electron chi connectivity index (χ2n) is 0. The molecule has 0 aliphatic rings. The van der Waals surface area contributed by atoms with Gasteiger partial charge >= 0.3 is 0 Å². The van der Waals surface area contributed by atoms with E-state index in [9.17, 15) is 0 Å². The zero-order valence-electron chi connectivity index (χ0n) is 2.30. The van der Waals surface area contributed by atoms with Crippen molar-refractivity contribution in [1.29, 1.82) is 0 Å². The van der Waals surface area contributed by atoms with Crippen LogP contribution in [0, 0.1) is 0 Å². The maximum absolute atomic E-state index is 0. The van der Waals surface area contributed by atoms with Gasteiger partial charge in [-0.3, -0.25) is 0 Å². The second kappa shape index (κ2) is 42.6. The molecule has 0 heterocycles. The summed E-state index contributed by atoms with van der Waals surface area (Å²) in [5, 5.41) is 0. The number of rotatable bonds is 0. The summed E-state index contributed by atoms with van der Waals surface area (Å²) in [5.41, 5.74) is 0. The van der Waals surface area contributed by atoms with Crippen LogP contribution >= 0.6 is 0 Å². The monoisotopic (exact) mass is 492 g/mol. The molecule has 6 heteroatoms. The first-order chi connectivity index (χ1) is 0. The smallest absolute Gasteiger partial charge is 0 e. The van der Waals surface area contributed by atoms with Gasteiger partial charge in [-0.05, 0) is 0 Å². The summed E-state index contributed by atoms with van der Waals surface area (Å²) in [6, 6.07) is 0. The van der Waals surface area contributed by atoms with Gasteiger partial charge in [0.2, 0.25) is 0 Å². The molecule has 46 valence electrons. The van der Waals surface area contributed by atoms with Crippen LogP contribution in [-0.4, -0.2) is 0 Å². The van der Waals surface area contributed by atoms with Gasteiger partial charge in [-0.25, -0.2) is 0 Å². The molecule has 0 saturated heterocycles. The first-order valence-corrected chi connectivity index (χ1v) is 0. The second-order valence-corrected chi connectivity index (χ2v) is 0. The van der Waals surface area contributed by atoms with Gasteiger partial charge in [-0.15, -0.1) is 0 Å². The van der Waals surface area contributed by atoms with Gasteiger partial charge in [-0.2, -0.15) is 0 Å². The van der Waals surface area contributed by atoms with E-state index in [0.29, 0.717) is 0 Å². The molecule has 0 bridgehead atoms. The Morgan fingerprint density at radius 2 is 0.333 bits per heavy atom. The molecule has 0 unspecified atom stereocenters. The van der Waals surface area contributed by atoms with E-state index in [0.717, 1.165) is 0 Å². The molecule has 0 amide bonds. The Balaban J connectivity index is 0. The summed E-state index contributed by atoms with van der Waals surface area (Å²) in [5.74, 6) is 0. The van der Waals surface area contributed by atoms with Gasteiger partial charge in [0, 0.05) is 21.1 Å². The van der Waals surface area contributed by atoms with Crippen LogP contribution in [0.15, 0.2) is 0 Å². The molecule has 0 aliphatic heterocycles. The van der Waals surface area contributed by atoms with Crippen LogP contribution in [0.4, 0.5) is 0 Å². The van der Waals surface area contributed by atoms with E-state index >= 15 is 0 Å². The Hall–Kier alpha value is 3.09. The first-order valence-electron chi connectivity index (χ1n) is 0. The Morgan fingerprint density at radius 3 is 0.333 bits per heavy atom. The zero-order chi connectivity index (χ0) is 0. The van der Waals surface area contributed by atoms with Crippen molar-refractivity contribution < 1.29 is 106 Å². The SMILES string of the molecule is [Br-].[Br-].[Br-].[Br-].[Br-].[Mo]. The van der Waals surface area contributed by atoms with Crippen molar-refractivity contribution in [2.24, 2.45) is 0 Å². The molecular weight excluding hydrogens is 495 g/mol. The number of hydrogen-bond acceptors (Lipinski definition) is 0. The predicted molar refractivity (Wildman–Crippen MR) is 0 cm³/mol. The zero-order valence-corrected chi connectivity index (χ0v) is 12.2. The predicted octanol–water partition coefficient (Wildman–Crippen LogP) is -15.0. The van der Waals surface area contributed by atoms with Crippen molar-refractivity contribution in [3.8, 4) is 0 Å². The van der Waals surface area contributed by atoms with E-state index in [1.807, 2.05) is 0 Å². The molecule has 0 aromatic heterocycles. The number of hydrogen-bond donors (Lipinski definition) is 0. The Morgan fingerprint density at radius 1 is 0.333 bits per heavy atom. The third kappa shape index (κ3) is 27.5. The normalized spacial score (nSPS) is 0. The molecule has 0 fully saturated rings. The standard InChI is InChI=1S/5BrH.Mo/h5*1H;/p-5. The van der Waals surface area contributed by atoms with Crippen molar-refractivity contribution in [3.63, 3.8) is 0 Å². The van der Waals surface area contributed by atoms with Crippen LogP contribution in [0.3, 0.4) is 0 Å². The first kappa shape index (κ1) is 62.3. The average Bonchev–Trinajstić information content (AvgIpc) is 0. The summed E-state index contributed by atoms with van der Waals surface area (Å²) < 4.78 is 0. The minimum atomic E-state index is 0. The van der Waals surface area contributed by atoms with E-state index in [1.165, 1.54) is 0 Å². The van der Waals surface area contributed by atoms with E-state index in [2.05, 4.69) is 0 Å². The molecule has 0 rings (SSSR count). The fourth-order valence-corrected chi connectivity index (χ4v) is 0. The fourth-order valence-electron chi connectivity index (χ4n) is 0. The van der Waals surface area contributed by atoms with Gasteiger partial charge in [0.1, 0.15) is 0 Å². The van der Waals surface area contributed by atoms with Gasteiger partial charge in [0.15, 0.2) is 0 Å². The number of halogens is 5. The molecular formula is Br5Mo-5. The summed E-state index contributed by atoms with van der Waals surface area (Å²) in [7, 11) is 0. The van der Waals surface area contributed by atoms with Gasteiger partial charge in [-0.1, -0.05) is 0 Å². The molecule has 0 nitrogen and oxygen atoms in total. The molecule has 0 aliphatic carbocycles. The van der Waals surface area contributed by atoms with Gasteiger partial charge in [0.05, 0.1) is 0 Å². The molecule has 0 N–H and O–H groups in total. The molecule has 0 saturated carbocycles. The quantitative estimate of drug-likeness (QED) is 0.293. The molecule has 0 radical (unpaired) electrons. The molecule has 0 aromatic carbocycles. The third-order valence-electron chi connectivity index (χ3n) is 0. The van der Waals surface area contributed by atoms with E-state index in [4.69, 9.17) is 0 Å². The summed E-state index contributed by atoms with van der Waals surface area (Å²) >= 11 is 0. The Kier molecular flexibility index (Phi) is 443. The van der Waals surface area contributed by atoms with Crippen LogP contribution in [0.2, 0.25) is 0 Å². The summed E-state index contributed by atoms with van der Waals surface area (Å²) in [6.07, 6.45) is 0. The molecule has 0 spiro atoms. The van der Waals surface area contributed by atoms with E-state index in [1.54, 1.807) is 0 Å². The minimum absolute atomic E-state index is 0. The molecule has 0 atom stereocenters. The van der Waals surface area contributed by atoms with Crippen LogP contribution in [0.1, 0.15) is 0 Å². The molecule has 6 heavy (non-hydrogen) atoms. The van der Waals surface area contributed by atoms with E-state index in [-0.39, 0.29) is 106 Å². The maximum atomic E-state index is 0.